The van der Waals surface area contributed by atoms with E-state index >= 15 is 0 Å². The minimum absolute atomic E-state index is 0.0000771. The zero-order valence-corrected chi connectivity index (χ0v) is 11.9. The van der Waals surface area contributed by atoms with Crippen molar-refractivity contribution in [3.05, 3.63) is 17.8 Å². The van der Waals surface area contributed by atoms with Crippen molar-refractivity contribution in [1.82, 2.24) is 10.2 Å². The molecule has 1 amide bonds. The number of carbonyl (C=O) groups is 1. The lowest BCUT2D eigenvalue weighted by molar-refractivity contribution is -0.141. The summed E-state index contributed by atoms with van der Waals surface area (Å²) in [5.41, 5.74) is 4.32. The number of alkyl halides is 3. The molecule has 1 atom stereocenters. The van der Waals surface area contributed by atoms with Crippen LogP contribution in [0.2, 0.25) is 0 Å². The van der Waals surface area contributed by atoms with Crippen molar-refractivity contribution in [3.8, 4) is 0 Å². The van der Waals surface area contributed by atoms with Gasteiger partial charge in [-0.25, -0.2) is 0 Å². The summed E-state index contributed by atoms with van der Waals surface area (Å²) in [6.07, 6.45) is -1.20. The molecule has 0 bridgehead atoms. The second-order valence-corrected chi connectivity index (χ2v) is 6.21. The van der Waals surface area contributed by atoms with Crippen molar-refractivity contribution < 1.29 is 18.0 Å². The molecule has 1 aromatic rings. The topological polar surface area (TPSA) is 72.1 Å². The van der Waals surface area contributed by atoms with Crippen molar-refractivity contribution in [2.24, 2.45) is 17.1 Å². The van der Waals surface area contributed by atoms with E-state index in [0.717, 1.165) is 25.3 Å². The maximum absolute atomic E-state index is 12.5. The van der Waals surface area contributed by atoms with Crippen LogP contribution in [0.1, 0.15) is 31.4 Å². The third-order valence-electron chi connectivity index (χ3n) is 4.74. The van der Waals surface area contributed by atoms with E-state index in [9.17, 15) is 18.0 Å². The number of carbonyl (C=O) groups excluding carboxylic acids is 1. The molecule has 1 aliphatic carbocycles. The quantitative estimate of drug-likeness (QED) is 0.922. The molecule has 0 unspecified atom stereocenters. The Kier molecular flexibility index (Phi) is 3.49. The van der Waals surface area contributed by atoms with Crippen LogP contribution < -0.4 is 10.6 Å². The van der Waals surface area contributed by atoms with E-state index in [1.54, 1.807) is 0 Å². The predicted octanol–water partition coefficient (Wildman–Crippen LogP) is 1.98. The summed E-state index contributed by atoms with van der Waals surface area (Å²) < 4.78 is 37.5. The second kappa shape index (κ2) is 5.10. The molecule has 1 aliphatic heterocycles. The number of nitrogens with zero attached hydrogens (tertiary/aromatic N) is 3. The van der Waals surface area contributed by atoms with Crippen LogP contribution in [-0.2, 0) is 11.0 Å². The minimum atomic E-state index is -4.47. The zero-order chi connectivity index (χ0) is 16.0. The molecule has 5 nitrogen and oxygen atoms in total. The first-order chi connectivity index (χ1) is 10.3. The average molecular weight is 314 g/mol. The molecule has 3 rings (SSSR count). The lowest BCUT2D eigenvalue weighted by atomic mass is 9.85. The third-order valence-corrected chi connectivity index (χ3v) is 4.74. The average Bonchev–Trinajstić information content (AvgIpc) is 3.02. The summed E-state index contributed by atoms with van der Waals surface area (Å²) >= 11 is 0. The highest BCUT2D eigenvalue weighted by Crippen LogP contribution is 2.57. The molecule has 2 N–H and O–H groups in total. The summed E-state index contributed by atoms with van der Waals surface area (Å²) in [5, 5.41) is 6.94. The molecule has 22 heavy (non-hydrogen) atoms. The van der Waals surface area contributed by atoms with Gasteiger partial charge in [0.15, 0.2) is 11.5 Å². The van der Waals surface area contributed by atoms with Gasteiger partial charge in [-0.2, -0.15) is 13.2 Å². The summed E-state index contributed by atoms with van der Waals surface area (Å²) in [7, 11) is 0. The Morgan fingerprint density at radius 2 is 2.09 bits per heavy atom. The number of hydrogen-bond acceptors (Lipinski definition) is 4. The van der Waals surface area contributed by atoms with Crippen molar-refractivity contribution >= 4 is 11.7 Å². The summed E-state index contributed by atoms with van der Waals surface area (Å²) in [6, 6.07) is 2.30. The van der Waals surface area contributed by atoms with E-state index in [4.69, 9.17) is 5.73 Å². The van der Waals surface area contributed by atoms with E-state index in [2.05, 4.69) is 10.2 Å². The van der Waals surface area contributed by atoms with Crippen LogP contribution in [0.25, 0.3) is 0 Å². The molecule has 1 aromatic heterocycles. The number of primary amides is 1. The Morgan fingerprint density at radius 1 is 1.36 bits per heavy atom. The van der Waals surface area contributed by atoms with Gasteiger partial charge in [-0.3, -0.25) is 4.79 Å². The van der Waals surface area contributed by atoms with Gasteiger partial charge < -0.3 is 10.6 Å². The van der Waals surface area contributed by atoms with E-state index in [1.165, 1.54) is 6.07 Å². The van der Waals surface area contributed by atoms with Crippen molar-refractivity contribution in [2.75, 3.05) is 18.0 Å². The van der Waals surface area contributed by atoms with Crippen LogP contribution in [0.4, 0.5) is 19.0 Å². The first-order valence-electron chi connectivity index (χ1n) is 7.24. The molecule has 8 heteroatoms. The number of rotatable bonds is 4. The normalized spacial score (nSPS) is 23.6. The van der Waals surface area contributed by atoms with Gasteiger partial charge in [-0.1, -0.05) is 0 Å². The van der Waals surface area contributed by atoms with Gasteiger partial charge in [0.25, 0.3) is 0 Å². The lowest BCUT2D eigenvalue weighted by Crippen LogP contribution is -2.27. The van der Waals surface area contributed by atoms with Crippen molar-refractivity contribution in [3.63, 3.8) is 0 Å². The summed E-state index contributed by atoms with van der Waals surface area (Å²) in [4.78, 5) is 13.1. The van der Waals surface area contributed by atoms with Crippen LogP contribution in [0.3, 0.4) is 0 Å². The number of halogens is 3. The van der Waals surface area contributed by atoms with Gasteiger partial charge in [0.1, 0.15) is 0 Å². The number of nitrogens with two attached hydrogens (primary N) is 1. The highest BCUT2D eigenvalue weighted by atomic mass is 19.4. The zero-order valence-electron chi connectivity index (χ0n) is 11.9. The maximum Gasteiger partial charge on any atom is 0.435 e. The van der Waals surface area contributed by atoms with Gasteiger partial charge in [0.05, 0.1) is 0 Å². The fraction of sp³-hybridized carbons (Fsp3) is 0.643. The van der Waals surface area contributed by atoms with Crippen LogP contribution in [0.5, 0.6) is 0 Å². The Morgan fingerprint density at radius 3 is 2.59 bits per heavy atom. The van der Waals surface area contributed by atoms with E-state index in [1.807, 2.05) is 4.90 Å². The fourth-order valence-corrected chi connectivity index (χ4v) is 3.35. The molecule has 1 saturated carbocycles. The van der Waals surface area contributed by atoms with Crippen molar-refractivity contribution in [2.45, 2.75) is 31.9 Å². The lowest BCUT2D eigenvalue weighted by Gasteiger charge is -2.22. The molecule has 0 spiro atoms. The minimum Gasteiger partial charge on any atom is -0.370 e. The SMILES string of the molecule is NC(=O)CC1([C@H]2CCN(c3ccc(C(F)(F)F)nn3)C2)CC1. The van der Waals surface area contributed by atoms with Crippen LogP contribution in [0.15, 0.2) is 12.1 Å². The molecule has 0 aromatic carbocycles. The molecule has 120 valence electrons. The van der Waals surface area contributed by atoms with Crippen LogP contribution in [0, 0.1) is 11.3 Å². The first-order valence-corrected chi connectivity index (χ1v) is 7.24. The largest absolute Gasteiger partial charge is 0.435 e. The first kappa shape index (κ1) is 15.1. The monoisotopic (exact) mass is 314 g/mol. The highest BCUT2D eigenvalue weighted by molar-refractivity contribution is 5.75. The molecular weight excluding hydrogens is 297 g/mol. The highest BCUT2D eigenvalue weighted by Gasteiger charge is 2.51. The van der Waals surface area contributed by atoms with E-state index < -0.39 is 11.9 Å². The standard InChI is InChI=1S/C14H17F3N4O/c15-14(16,17)10-1-2-12(20-19-10)21-6-3-9(8-21)13(4-5-13)7-11(18)22/h1-2,9H,3-8H2,(H2,18,22)/t9-/m0/s1. The van der Waals surface area contributed by atoms with Gasteiger partial charge >= 0.3 is 6.18 Å². The molecule has 2 heterocycles. The Labute approximate surface area is 125 Å². The van der Waals surface area contributed by atoms with Gasteiger partial charge in [0, 0.05) is 19.5 Å². The number of anilines is 1. The third kappa shape index (κ3) is 2.86. The maximum atomic E-state index is 12.5. The second-order valence-electron chi connectivity index (χ2n) is 6.21. The Balaban J connectivity index is 1.67. The molecule has 2 aliphatic rings. The number of amides is 1. The molecule has 1 saturated heterocycles. The van der Waals surface area contributed by atoms with E-state index in [0.29, 0.717) is 31.2 Å². The van der Waals surface area contributed by atoms with E-state index in [-0.39, 0.29) is 11.3 Å². The van der Waals surface area contributed by atoms with Gasteiger partial charge in [-0.15, -0.1) is 10.2 Å². The smallest absolute Gasteiger partial charge is 0.370 e. The summed E-state index contributed by atoms with van der Waals surface area (Å²) in [5.74, 6) is 0.500. The van der Waals surface area contributed by atoms with Gasteiger partial charge in [0.2, 0.25) is 5.91 Å². The van der Waals surface area contributed by atoms with Gasteiger partial charge in [-0.05, 0) is 42.7 Å². The Hall–Kier alpha value is -1.86. The molecule has 2 fully saturated rings. The molecule has 0 radical (unpaired) electrons. The fourth-order valence-electron chi connectivity index (χ4n) is 3.35. The van der Waals surface area contributed by atoms with Crippen molar-refractivity contribution in [1.29, 1.82) is 0 Å². The molecular formula is C14H17F3N4O. The van der Waals surface area contributed by atoms with Crippen LogP contribution in [-0.4, -0.2) is 29.2 Å². The Bertz CT molecular complexity index is 568. The van der Waals surface area contributed by atoms with Crippen LogP contribution >= 0.6 is 0 Å². The number of hydrogen-bond donors (Lipinski definition) is 1. The number of aromatic nitrogens is 2. The predicted molar refractivity (Wildman–Crippen MR) is 72.8 cm³/mol. The summed E-state index contributed by atoms with van der Waals surface area (Å²) in [6.45, 7) is 1.40.